The predicted octanol–water partition coefficient (Wildman–Crippen LogP) is 2.30. The average Bonchev–Trinajstić information content (AvgIpc) is 2.55. The summed E-state index contributed by atoms with van der Waals surface area (Å²) in [7, 11) is 0. The first kappa shape index (κ1) is 17.0. The van der Waals surface area contributed by atoms with E-state index >= 15 is 0 Å². The van der Waals surface area contributed by atoms with E-state index in [1.807, 2.05) is 24.3 Å². The first-order chi connectivity index (χ1) is 10.3. The van der Waals surface area contributed by atoms with E-state index in [-0.39, 0.29) is 25.1 Å². The Morgan fingerprint density at radius 2 is 1.73 bits per heavy atom. The molecular weight excluding hydrogens is 300 g/mol. The molecule has 120 valence electrons. The van der Waals surface area contributed by atoms with Crippen LogP contribution in [-0.2, 0) is 0 Å². The summed E-state index contributed by atoms with van der Waals surface area (Å²) in [5.41, 5.74) is 1.19. The van der Waals surface area contributed by atoms with Crippen molar-refractivity contribution in [3.63, 3.8) is 0 Å². The van der Waals surface area contributed by atoms with E-state index in [1.165, 1.54) is 5.56 Å². The number of hydrogen-bond acceptors (Lipinski definition) is 4. The minimum Gasteiger partial charge on any atom is -0.507 e. The number of nitrogens with zero attached hydrogens (tertiary/aromatic N) is 1. The van der Waals surface area contributed by atoms with Crippen LogP contribution in [0.4, 0.5) is 0 Å². The molecular formula is C17H23ClN2O2. The van der Waals surface area contributed by atoms with Crippen LogP contribution in [0.2, 0.25) is 0 Å². The maximum Gasteiger partial charge on any atom is 0.123 e. The molecule has 0 aliphatic carbocycles. The zero-order valence-electron chi connectivity index (χ0n) is 12.5. The van der Waals surface area contributed by atoms with E-state index < -0.39 is 0 Å². The van der Waals surface area contributed by atoms with Gasteiger partial charge in [-0.25, -0.2) is 0 Å². The number of aromatic hydroxyl groups is 1. The molecule has 3 rings (SSSR count). The summed E-state index contributed by atoms with van der Waals surface area (Å²) >= 11 is 0. The van der Waals surface area contributed by atoms with Crippen molar-refractivity contribution in [2.24, 2.45) is 0 Å². The van der Waals surface area contributed by atoms with Gasteiger partial charge in [-0.05, 0) is 23.4 Å². The van der Waals surface area contributed by atoms with Crippen molar-refractivity contribution in [1.29, 1.82) is 0 Å². The Morgan fingerprint density at radius 3 is 2.41 bits per heavy atom. The van der Waals surface area contributed by atoms with Crippen LogP contribution >= 0.6 is 12.4 Å². The minimum atomic E-state index is 0. The van der Waals surface area contributed by atoms with Gasteiger partial charge in [0.05, 0.1) is 0 Å². The van der Waals surface area contributed by atoms with Gasteiger partial charge < -0.3 is 15.5 Å². The lowest BCUT2D eigenvalue weighted by Gasteiger charge is -2.35. The Labute approximate surface area is 137 Å². The van der Waals surface area contributed by atoms with Crippen LogP contribution in [0, 0.1) is 0 Å². The molecule has 4 nitrogen and oxygen atoms in total. The van der Waals surface area contributed by atoms with Crippen LogP contribution in [0.5, 0.6) is 5.75 Å². The minimum absolute atomic E-state index is 0. The van der Waals surface area contributed by atoms with Gasteiger partial charge in [0, 0.05) is 44.2 Å². The molecule has 2 aromatic carbocycles. The predicted molar refractivity (Wildman–Crippen MR) is 91.7 cm³/mol. The molecule has 0 amide bonds. The molecule has 0 saturated carbocycles. The number of hydrogen-bond donors (Lipinski definition) is 3. The first-order valence-electron chi connectivity index (χ1n) is 7.57. The van der Waals surface area contributed by atoms with Crippen molar-refractivity contribution in [2.45, 2.75) is 12.5 Å². The summed E-state index contributed by atoms with van der Waals surface area (Å²) in [4.78, 5) is 2.42. The number of nitrogens with one attached hydrogen (secondary N) is 1. The molecule has 5 heteroatoms. The molecule has 1 aliphatic rings. The Bertz CT molecular complexity index is 615. The Hall–Kier alpha value is -1.33. The fourth-order valence-corrected chi connectivity index (χ4v) is 3.25. The fraction of sp³-hybridized carbons (Fsp3) is 0.412. The third-order valence-corrected chi connectivity index (χ3v) is 4.29. The summed E-state index contributed by atoms with van der Waals surface area (Å²) in [6.07, 6.45) is 0.717. The van der Waals surface area contributed by atoms with Crippen molar-refractivity contribution in [1.82, 2.24) is 10.2 Å². The SMILES string of the molecule is Cl.OCC[C@H](c1ccc(O)c2ccccc12)N1CCNCC1. The van der Waals surface area contributed by atoms with Crippen LogP contribution in [0.25, 0.3) is 10.8 Å². The monoisotopic (exact) mass is 322 g/mol. The molecule has 1 saturated heterocycles. The number of aliphatic hydroxyl groups excluding tert-OH is 1. The molecule has 0 spiro atoms. The number of rotatable bonds is 4. The van der Waals surface area contributed by atoms with Gasteiger partial charge in [0.25, 0.3) is 0 Å². The first-order valence-corrected chi connectivity index (χ1v) is 7.57. The third kappa shape index (κ3) is 3.36. The maximum absolute atomic E-state index is 10.0. The molecule has 0 unspecified atom stereocenters. The third-order valence-electron chi connectivity index (χ3n) is 4.29. The molecule has 1 atom stereocenters. The number of piperazine rings is 1. The van der Waals surface area contributed by atoms with Gasteiger partial charge in [-0.1, -0.05) is 30.3 Å². The van der Waals surface area contributed by atoms with Crippen molar-refractivity contribution in [3.8, 4) is 5.75 Å². The lowest BCUT2D eigenvalue weighted by molar-refractivity contribution is 0.142. The van der Waals surface area contributed by atoms with Gasteiger partial charge in [0.2, 0.25) is 0 Å². The summed E-state index contributed by atoms with van der Waals surface area (Å²) < 4.78 is 0. The largest absolute Gasteiger partial charge is 0.507 e. The number of phenolic OH excluding ortho intramolecular Hbond substituents is 1. The Balaban J connectivity index is 0.00000176. The molecule has 0 bridgehead atoms. The van der Waals surface area contributed by atoms with E-state index in [0.29, 0.717) is 5.75 Å². The second-order valence-electron chi connectivity index (χ2n) is 5.53. The molecule has 1 heterocycles. The summed E-state index contributed by atoms with van der Waals surface area (Å²) in [5, 5.41) is 24.8. The van der Waals surface area contributed by atoms with Gasteiger partial charge in [0.15, 0.2) is 0 Å². The van der Waals surface area contributed by atoms with E-state index in [9.17, 15) is 10.2 Å². The van der Waals surface area contributed by atoms with Crippen LogP contribution in [-0.4, -0.2) is 47.9 Å². The van der Waals surface area contributed by atoms with Gasteiger partial charge >= 0.3 is 0 Å². The molecule has 22 heavy (non-hydrogen) atoms. The summed E-state index contributed by atoms with van der Waals surface area (Å²) in [6, 6.07) is 11.9. The second kappa shape index (κ2) is 7.79. The van der Waals surface area contributed by atoms with E-state index in [1.54, 1.807) is 6.07 Å². The molecule has 0 radical (unpaired) electrons. The number of aliphatic hydroxyl groups is 1. The summed E-state index contributed by atoms with van der Waals surface area (Å²) in [5.74, 6) is 0.317. The molecule has 3 N–H and O–H groups in total. The lowest BCUT2D eigenvalue weighted by Crippen LogP contribution is -2.45. The van der Waals surface area contributed by atoms with Crippen LogP contribution in [0.1, 0.15) is 18.0 Å². The summed E-state index contributed by atoms with van der Waals surface area (Å²) in [6.45, 7) is 4.11. The van der Waals surface area contributed by atoms with Crippen LogP contribution in [0.3, 0.4) is 0 Å². The van der Waals surface area contributed by atoms with Gasteiger partial charge in [-0.3, -0.25) is 4.90 Å². The standard InChI is InChI=1S/C17H22N2O2.ClH/c20-12-7-16(19-10-8-18-9-11-19)14-5-6-17(21)15-4-2-1-3-13(14)15;/h1-6,16,18,20-21H,7-12H2;1H/t16-;/m1./s1. The zero-order valence-corrected chi connectivity index (χ0v) is 13.4. The normalized spacial score (nSPS) is 17.1. The maximum atomic E-state index is 10.0. The number of halogens is 1. The van der Waals surface area contributed by atoms with Gasteiger partial charge in [0.1, 0.15) is 5.75 Å². The quantitative estimate of drug-likeness (QED) is 0.808. The Morgan fingerprint density at radius 1 is 1.05 bits per heavy atom. The van der Waals surface area contributed by atoms with Crippen molar-refractivity contribution in [2.75, 3.05) is 32.8 Å². The van der Waals surface area contributed by atoms with Gasteiger partial charge in [-0.15, -0.1) is 12.4 Å². The number of benzene rings is 2. The van der Waals surface area contributed by atoms with Gasteiger partial charge in [-0.2, -0.15) is 0 Å². The van der Waals surface area contributed by atoms with E-state index in [0.717, 1.165) is 43.4 Å². The molecule has 0 aromatic heterocycles. The molecule has 1 aliphatic heterocycles. The van der Waals surface area contributed by atoms with E-state index in [2.05, 4.69) is 16.3 Å². The van der Waals surface area contributed by atoms with Crippen molar-refractivity contribution in [3.05, 3.63) is 42.0 Å². The van der Waals surface area contributed by atoms with Crippen molar-refractivity contribution < 1.29 is 10.2 Å². The highest BCUT2D eigenvalue weighted by atomic mass is 35.5. The molecule has 2 aromatic rings. The average molecular weight is 323 g/mol. The number of phenols is 1. The smallest absolute Gasteiger partial charge is 0.123 e. The van der Waals surface area contributed by atoms with E-state index in [4.69, 9.17) is 0 Å². The van der Waals surface area contributed by atoms with Crippen LogP contribution < -0.4 is 5.32 Å². The fourth-order valence-electron chi connectivity index (χ4n) is 3.25. The highest BCUT2D eigenvalue weighted by Gasteiger charge is 2.23. The second-order valence-corrected chi connectivity index (χ2v) is 5.53. The number of fused-ring (bicyclic) bond motifs is 1. The topological polar surface area (TPSA) is 55.7 Å². The highest BCUT2D eigenvalue weighted by Crippen LogP contribution is 2.34. The van der Waals surface area contributed by atoms with Crippen molar-refractivity contribution >= 4 is 23.2 Å². The Kier molecular flexibility index (Phi) is 6.03. The molecule has 1 fully saturated rings. The lowest BCUT2D eigenvalue weighted by atomic mass is 9.95. The zero-order chi connectivity index (χ0) is 14.7. The van der Waals surface area contributed by atoms with Crippen LogP contribution in [0.15, 0.2) is 36.4 Å². The highest BCUT2D eigenvalue weighted by molar-refractivity contribution is 5.91.